The van der Waals surface area contributed by atoms with Gasteiger partial charge in [0.1, 0.15) is 0 Å². The third-order valence-corrected chi connectivity index (χ3v) is 4.51. The van der Waals surface area contributed by atoms with Gasteiger partial charge in [0.2, 0.25) is 11.8 Å². The van der Waals surface area contributed by atoms with E-state index in [1.165, 1.54) is 6.92 Å². The average Bonchev–Trinajstić information content (AvgIpc) is 2.71. The second kappa shape index (κ2) is 10.3. The van der Waals surface area contributed by atoms with E-state index >= 15 is 0 Å². The summed E-state index contributed by atoms with van der Waals surface area (Å²) in [7, 11) is 3.17. The molecule has 28 heavy (non-hydrogen) atoms. The van der Waals surface area contributed by atoms with Crippen molar-refractivity contribution in [3.63, 3.8) is 0 Å². The van der Waals surface area contributed by atoms with Crippen molar-refractivity contribution in [3.05, 3.63) is 59.7 Å². The Morgan fingerprint density at radius 2 is 1.71 bits per heavy atom. The van der Waals surface area contributed by atoms with Crippen LogP contribution in [0, 0.1) is 0 Å². The Bertz CT molecular complexity index is 792. The number of carbonyl (C=O) groups excluding carboxylic acids is 2. The van der Waals surface area contributed by atoms with Crippen molar-refractivity contribution in [1.29, 1.82) is 0 Å². The number of carbonyl (C=O) groups is 2. The Hall–Kier alpha value is -3.02. The van der Waals surface area contributed by atoms with Gasteiger partial charge in [0.05, 0.1) is 26.7 Å². The van der Waals surface area contributed by atoms with E-state index in [9.17, 15) is 9.59 Å². The van der Waals surface area contributed by atoms with Crippen molar-refractivity contribution in [1.82, 2.24) is 10.2 Å². The van der Waals surface area contributed by atoms with Crippen LogP contribution in [-0.2, 0) is 16.1 Å². The Morgan fingerprint density at radius 1 is 1.04 bits per heavy atom. The predicted molar refractivity (Wildman–Crippen MR) is 108 cm³/mol. The molecule has 0 aliphatic heterocycles. The Morgan fingerprint density at radius 3 is 2.29 bits per heavy atom. The summed E-state index contributed by atoms with van der Waals surface area (Å²) in [4.78, 5) is 26.3. The summed E-state index contributed by atoms with van der Waals surface area (Å²) in [5.74, 6) is 1.09. The van der Waals surface area contributed by atoms with E-state index in [1.807, 2.05) is 55.5 Å². The molecule has 6 heteroatoms. The predicted octanol–water partition coefficient (Wildman–Crippen LogP) is 3.32. The lowest BCUT2D eigenvalue weighted by Gasteiger charge is -2.25. The van der Waals surface area contributed by atoms with Crippen LogP contribution in [0.2, 0.25) is 0 Å². The van der Waals surface area contributed by atoms with Crippen LogP contribution in [0.1, 0.15) is 37.4 Å². The molecule has 0 saturated carbocycles. The smallest absolute Gasteiger partial charge is 0.225 e. The number of methoxy groups -OCH3 is 2. The molecule has 2 rings (SSSR count). The summed E-state index contributed by atoms with van der Waals surface area (Å²) in [6.45, 7) is 4.42. The fourth-order valence-electron chi connectivity index (χ4n) is 3.06. The van der Waals surface area contributed by atoms with E-state index in [-0.39, 0.29) is 24.3 Å². The van der Waals surface area contributed by atoms with Crippen molar-refractivity contribution in [2.24, 2.45) is 0 Å². The molecule has 0 aliphatic carbocycles. The molecule has 0 bridgehead atoms. The monoisotopic (exact) mass is 384 g/mol. The van der Waals surface area contributed by atoms with Gasteiger partial charge in [-0.05, 0) is 30.2 Å². The first-order valence-electron chi connectivity index (χ1n) is 9.29. The molecular formula is C22H28N2O4. The number of rotatable bonds is 9. The highest BCUT2D eigenvalue weighted by atomic mass is 16.5. The summed E-state index contributed by atoms with van der Waals surface area (Å²) in [6.07, 6.45) is 0.199. The number of ether oxygens (including phenoxy) is 2. The van der Waals surface area contributed by atoms with Gasteiger partial charge in [-0.2, -0.15) is 0 Å². The minimum Gasteiger partial charge on any atom is -0.493 e. The lowest BCUT2D eigenvalue weighted by atomic mass is 10.0. The molecule has 2 amide bonds. The summed E-state index contributed by atoms with van der Waals surface area (Å²) in [5, 5.41) is 2.88. The average molecular weight is 384 g/mol. The maximum Gasteiger partial charge on any atom is 0.225 e. The molecule has 2 aromatic carbocycles. The molecule has 6 nitrogen and oxygen atoms in total. The standard InChI is InChI=1S/C22H28N2O4/c1-5-24(15-17-11-12-20(27-3)21(13-17)28-4)22(26)14-19(23-16(2)25)18-9-7-6-8-10-18/h6-13,19H,5,14-15H2,1-4H3,(H,23,25). The van der Waals surface area contributed by atoms with Crippen LogP contribution in [0.5, 0.6) is 11.5 Å². The molecule has 0 heterocycles. The Labute approximate surface area is 166 Å². The van der Waals surface area contributed by atoms with Crippen molar-refractivity contribution in [2.45, 2.75) is 32.9 Å². The number of nitrogens with zero attached hydrogens (tertiary/aromatic N) is 1. The Kier molecular flexibility index (Phi) is 7.87. The summed E-state index contributed by atoms with van der Waals surface area (Å²) >= 11 is 0. The third kappa shape index (κ3) is 5.74. The maximum atomic E-state index is 12.9. The third-order valence-electron chi connectivity index (χ3n) is 4.51. The van der Waals surface area contributed by atoms with Gasteiger partial charge in [0.15, 0.2) is 11.5 Å². The van der Waals surface area contributed by atoms with Crippen LogP contribution in [-0.4, -0.2) is 37.5 Å². The molecule has 1 unspecified atom stereocenters. The van der Waals surface area contributed by atoms with Gasteiger partial charge in [-0.3, -0.25) is 9.59 Å². The lowest BCUT2D eigenvalue weighted by Crippen LogP contribution is -2.35. The number of hydrogen-bond acceptors (Lipinski definition) is 4. The second-order valence-electron chi connectivity index (χ2n) is 6.47. The first-order valence-corrected chi connectivity index (χ1v) is 9.29. The molecule has 150 valence electrons. The highest BCUT2D eigenvalue weighted by Crippen LogP contribution is 2.28. The molecule has 0 fully saturated rings. The van der Waals surface area contributed by atoms with Gasteiger partial charge < -0.3 is 19.7 Å². The topological polar surface area (TPSA) is 67.9 Å². The van der Waals surface area contributed by atoms with Crippen LogP contribution in [0.4, 0.5) is 0 Å². The van der Waals surface area contributed by atoms with Crippen LogP contribution in [0.15, 0.2) is 48.5 Å². The molecule has 0 spiro atoms. The number of benzene rings is 2. The van der Waals surface area contributed by atoms with E-state index in [0.717, 1.165) is 11.1 Å². The van der Waals surface area contributed by atoms with Crippen LogP contribution in [0.25, 0.3) is 0 Å². The fraction of sp³-hybridized carbons (Fsp3) is 0.364. The minimum atomic E-state index is -0.356. The van der Waals surface area contributed by atoms with E-state index in [0.29, 0.717) is 24.6 Å². The quantitative estimate of drug-likeness (QED) is 0.720. The molecule has 0 saturated heterocycles. The molecule has 0 radical (unpaired) electrons. The van der Waals surface area contributed by atoms with Crippen molar-refractivity contribution >= 4 is 11.8 Å². The van der Waals surface area contributed by atoms with E-state index in [1.54, 1.807) is 19.1 Å². The van der Waals surface area contributed by atoms with Gasteiger partial charge in [-0.1, -0.05) is 36.4 Å². The molecule has 1 atom stereocenters. The number of nitrogens with one attached hydrogen (secondary N) is 1. The highest BCUT2D eigenvalue weighted by Gasteiger charge is 2.21. The van der Waals surface area contributed by atoms with Crippen LogP contribution < -0.4 is 14.8 Å². The molecule has 0 aliphatic rings. The van der Waals surface area contributed by atoms with E-state index in [4.69, 9.17) is 9.47 Å². The largest absolute Gasteiger partial charge is 0.493 e. The van der Waals surface area contributed by atoms with Gasteiger partial charge in [0, 0.05) is 20.0 Å². The normalized spacial score (nSPS) is 11.4. The molecule has 0 aromatic heterocycles. The van der Waals surface area contributed by atoms with Gasteiger partial charge in [-0.25, -0.2) is 0 Å². The van der Waals surface area contributed by atoms with Gasteiger partial charge >= 0.3 is 0 Å². The maximum absolute atomic E-state index is 12.9. The number of amides is 2. The van der Waals surface area contributed by atoms with Crippen molar-refractivity contribution in [3.8, 4) is 11.5 Å². The zero-order valence-electron chi connectivity index (χ0n) is 16.9. The molecule has 2 aromatic rings. The van der Waals surface area contributed by atoms with Crippen LogP contribution in [0.3, 0.4) is 0 Å². The van der Waals surface area contributed by atoms with E-state index < -0.39 is 0 Å². The van der Waals surface area contributed by atoms with Crippen molar-refractivity contribution < 1.29 is 19.1 Å². The van der Waals surface area contributed by atoms with Crippen LogP contribution >= 0.6 is 0 Å². The number of hydrogen-bond donors (Lipinski definition) is 1. The van der Waals surface area contributed by atoms with Gasteiger partial charge in [-0.15, -0.1) is 0 Å². The highest BCUT2D eigenvalue weighted by molar-refractivity contribution is 5.79. The Balaban J connectivity index is 2.14. The lowest BCUT2D eigenvalue weighted by molar-refractivity contribution is -0.132. The van der Waals surface area contributed by atoms with Crippen molar-refractivity contribution in [2.75, 3.05) is 20.8 Å². The summed E-state index contributed by atoms with van der Waals surface area (Å²) in [5.41, 5.74) is 1.86. The molecular weight excluding hydrogens is 356 g/mol. The zero-order chi connectivity index (χ0) is 20.5. The summed E-state index contributed by atoms with van der Waals surface area (Å²) in [6, 6.07) is 14.8. The second-order valence-corrected chi connectivity index (χ2v) is 6.47. The molecule has 1 N–H and O–H groups in total. The first kappa shape index (κ1) is 21.3. The summed E-state index contributed by atoms with van der Waals surface area (Å²) < 4.78 is 10.6. The minimum absolute atomic E-state index is 0.0279. The van der Waals surface area contributed by atoms with E-state index in [2.05, 4.69) is 5.32 Å². The fourth-order valence-corrected chi connectivity index (χ4v) is 3.06. The van der Waals surface area contributed by atoms with Gasteiger partial charge in [0.25, 0.3) is 0 Å². The first-order chi connectivity index (χ1) is 13.5. The zero-order valence-corrected chi connectivity index (χ0v) is 16.9. The SMILES string of the molecule is CCN(Cc1ccc(OC)c(OC)c1)C(=O)CC(NC(C)=O)c1ccccc1.